The van der Waals surface area contributed by atoms with Gasteiger partial charge in [-0.1, -0.05) is 23.2 Å². The maximum Gasteiger partial charge on any atom is 0.223 e. The second-order valence-electron chi connectivity index (χ2n) is 3.37. The molecule has 1 aromatic carbocycles. The first kappa shape index (κ1) is 12.4. The van der Waals surface area contributed by atoms with Crippen molar-refractivity contribution < 1.29 is 0 Å². The molecule has 0 aliphatic carbocycles. The molecule has 3 N–H and O–H groups in total. The van der Waals surface area contributed by atoms with E-state index in [-0.39, 0.29) is 11.1 Å². The predicted molar refractivity (Wildman–Crippen MR) is 70.9 cm³/mol. The van der Waals surface area contributed by atoms with E-state index in [1.807, 2.05) is 6.07 Å². The van der Waals surface area contributed by atoms with E-state index in [2.05, 4.69) is 15.3 Å². The summed E-state index contributed by atoms with van der Waals surface area (Å²) in [5.41, 5.74) is 6.55. The van der Waals surface area contributed by atoms with Gasteiger partial charge in [0.2, 0.25) is 5.95 Å². The number of hydrogen-bond donors (Lipinski definition) is 2. The fourth-order valence-corrected chi connectivity index (χ4v) is 1.74. The molecule has 0 aliphatic rings. The topological polar surface area (TPSA) is 87.6 Å². The van der Waals surface area contributed by atoms with E-state index < -0.39 is 0 Å². The molecule has 18 heavy (non-hydrogen) atoms. The Kier molecular flexibility index (Phi) is 3.51. The minimum atomic E-state index is 0.0646. The molecule has 0 atom stereocenters. The van der Waals surface area contributed by atoms with E-state index >= 15 is 0 Å². The lowest BCUT2D eigenvalue weighted by Gasteiger charge is -2.08. The van der Waals surface area contributed by atoms with Crippen molar-refractivity contribution in [1.29, 1.82) is 5.26 Å². The summed E-state index contributed by atoms with van der Waals surface area (Å²) < 4.78 is 0. The first-order chi connectivity index (χ1) is 8.58. The minimum Gasteiger partial charge on any atom is -0.368 e. The molecule has 1 heterocycles. The number of anilines is 3. The molecule has 0 unspecified atom stereocenters. The van der Waals surface area contributed by atoms with Crippen LogP contribution in [0.15, 0.2) is 24.3 Å². The quantitative estimate of drug-likeness (QED) is 0.825. The highest BCUT2D eigenvalue weighted by Gasteiger charge is 2.05. The van der Waals surface area contributed by atoms with Crippen molar-refractivity contribution in [2.24, 2.45) is 0 Å². The lowest BCUT2D eigenvalue weighted by Crippen LogP contribution is -2.00. The Morgan fingerprint density at radius 1 is 1.22 bits per heavy atom. The molecular weight excluding hydrogens is 273 g/mol. The normalized spacial score (nSPS) is 9.83. The van der Waals surface area contributed by atoms with Gasteiger partial charge in [0, 0.05) is 6.07 Å². The minimum absolute atomic E-state index is 0.0646. The highest BCUT2D eigenvalue weighted by molar-refractivity contribution is 6.33. The second kappa shape index (κ2) is 5.08. The van der Waals surface area contributed by atoms with Gasteiger partial charge in [0.15, 0.2) is 0 Å². The summed E-state index contributed by atoms with van der Waals surface area (Å²) in [6.45, 7) is 0. The van der Waals surface area contributed by atoms with Crippen molar-refractivity contribution in [3.8, 4) is 6.07 Å². The summed E-state index contributed by atoms with van der Waals surface area (Å²) >= 11 is 11.8. The summed E-state index contributed by atoms with van der Waals surface area (Å²) in [7, 11) is 0. The molecule has 0 radical (unpaired) electrons. The number of nitrogen functional groups attached to an aromatic ring is 1. The Morgan fingerprint density at radius 2 is 2.00 bits per heavy atom. The molecule has 7 heteroatoms. The zero-order valence-electron chi connectivity index (χ0n) is 8.98. The van der Waals surface area contributed by atoms with Crippen LogP contribution in [0.4, 0.5) is 17.5 Å². The van der Waals surface area contributed by atoms with Crippen LogP contribution < -0.4 is 11.1 Å². The van der Waals surface area contributed by atoms with Crippen LogP contribution in [0.1, 0.15) is 5.56 Å². The smallest absolute Gasteiger partial charge is 0.223 e. The van der Waals surface area contributed by atoms with E-state index in [0.717, 1.165) is 0 Å². The first-order valence-electron chi connectivity index (χ1n) is 4.85. The van der Waals surface area contributed by atoms with Crippen LogP contribution in [-0.2, 0) is 0 Å². The molecule has 5 nitrogen and oxygen atoms in total. The number of benzene rings is 1. The predicted octanol–water partition coefficient (Wildman–Crippen LogP) is 2.98. The number of nitrogens with two attached hydrogens (primary N) is 1. The molecule has 0 bridgehead atoms. The average molecular weight is 280 g/mol. The van der Waals surface area contributed by atoms with Gasteiger partial charge in [0.05, 0.1) is 22.3 Å². The Morgan fingerprint density at radius 3 is 2.61 bits per heavy atom. The fraction of sp³-hybridized carbons (Fsp3) is 0. The number of nitriles is 1. The lowest BCUT2D eigenvalue weighted by molar-refractivity contribution is 1.18. The van der Waals surface area contributed by atoms with Crippen LogP contribution >= 0.6 is 23.2 Å². The molecule has 1 aromatic heterocycles. The summed E-state index contributed by atoms with van der Waals surface area (Å²) in [6, 6.07) is 8.38. The van der Waals surface area contributed by atoms with Gasteiger partial charge in [0.1, 0.15) is 11.0 Å². The number of rotatable bonds is 2. The van der Waals surface area contributed by atoms with Crippen molar-refractivity contribution in [2.75, 3.05) is 11.1 Å². The Hall–Kier alpha value is -2.03. The second-order valence-corrected chi connectivity index (χ2v) is 4.16. The SMILES string of the molecule is N#Cc1ccc(Nc2cc(Cl)nc(N)n2)c(Cl)c1. The van der Waals surface area contributed by atoms with Crippen LogP contribution in [0.5, 0.6) is 0 Å². The average Bonchev–Trinajstić information content (AvgIpc) is 2.30. The maximum atomic E-state index is 8.73. The van der Waals surface area contributed by atoms with Gasteiger partial charge in [-0.25, -0.2) is 4.98 Å². The largest absolute Gasteiger partial charge is 0.368 e. The molecule has 2 rings (SSSR count). The summed E-state index contributed by atoms with van der Waals surface area (Å²) in [6.07, 6.45) is 0. The molecule has 0 saturated carbocycles. The van der Waals surface area contributed by atoms with E-state index in [9.17, 15) is 0 Å². The van der Waals surface area contributed by atoms with Crippen LogP contribution in [0.3, 0.4) is 0 Å². The molecular formula is C11H7Cl2N5. The van der Waals surface area contributed by atoms with Gasteiger partial charge in [-0.2, -0.15) is 10.2 Å². The van der Waals surface area contributed by atoms with E-state index in [4.69, 9.17) is 34.2 Å². The highest BCUT2D eigenvalue weighted by atomic mass is 35.5. The zero-order valence-corrected chi connectivity index (χ0v) is 10.5. The standard InChI is InChI=1S/C11H7Cl2N5/c12-7-3-6(5-14)1-2-8(7)16-10-4-9(13)17-11(15)18-10/h1-4H,(H3,15,16,17,18). The molecule has 0 aliphatic heterocycles. The highest BCUT2D eigenvalue weighted by Crippen LogP contribution is 2.26. The number of nitrogens with zero attached hydrogens (tertiary/aromatic N) is 3. The Bertz CT molecular complexity index is 616. The number of aromatic nitrogens is 2. The van der Waals surface area contributed by atoms with Gasteiger partial charge in [-0.3, -0.25) is 0 Å². The van der Waals surface area contributed by atoms with Crippen LogP contribution in [0.25, 0.3) is 0 Å². The molecule has 90 valence electrons. The summed E-state index contributed by atoms with van der Waals surface area (Å²) in [4.78, 5) is 7.70. The van der Waals surface area contributed by atoms with Gasteiger partial charge in [0.25, 0.3) is 0 Å². The van der Waals surface area contributed by atoms with Gasteiger partial charge in [-0.15, -0.1) is 0 Å². The number of halogens is 2. The van der Waals surface area contributed by atoms with Crippen LogP contribution in [0.2, 0.25) is 10.2 Å². The third-order valence-electron chi connectivity index (χ3n) is 2.07. The first-order valence-corrected chi connectivity index (χ1v) is 5.61. The molecule has 0 saturated heterocycles. The van der Waals surface area contributed by atoms with Crippen LogP contribution in [-0.4, -0.2) is 9.97 Å². The van der Waals surface area contributed by atoms with E-state index in [0.29, 0.717) is 22.1 Å². The lowest BCUT2D eigenvalue weighted by atomic mass is 10.2. The van der Waals surface area contributed by atoms with Gasteiger partial charge >= 0.3 is 0 Å². The third kappa shape index (κ3) is 2.80. The summed E-state index contributed by atoms with van der Waals surface area (Å²) in [5.74, 6) is 0.494. The number of nitrogens with one attached hydrogen (secondary N) is 1. The maximum absolute atomic E-state index is 8.73. The molecule has 0 amide bonds. The van der Waals surface area contributed by atoms with Crippen molar-refractivity contribution >= 4 is 40.7 Å². The van der Waals surface area contributed by atoms with Crippen molar-refractivity contribution in [2.45, 2.75) is 0 Å². The zero-order chi connectivity index (χ0) is 13.1. The Labute approximate surface area is 113 Å². The van der Waals surface area contributed by atoms with Gasteiger partial charge in [-0.05, 0) is 18.2 Å². The van der Waals surface area contributed by atoms with Gasteiger partial charge < -0.3 is 11.1 Å². The molecule has 0 spiro atoms. The monoisotopic (exact) mass is 279 g/mol. The van der Waals surface area contributed by atoms with E-state index in [1.54, 1.807) is 18.2 Å². The van der Waals surface area contributed by atoms with Crippen molar-refractivity contribution in [1.82, 2.24) is 9.97 Å². The molecule has 2 aromatic rings. The molecule has 0 fully saturated rings. The van der Waals surface area contributed by atoms with Crippen molar-refractivity contribution in [3.05, 3.63) is 40.0 Å². The Balaban J connectivity index is 2.31. The number of hydrogen-bond acceptors (Lipinski definition) is 5. The van der Waals surface area contributed by atoms with E-state index in [1.165, 1.54) is 6.07 Å². The van der Waals surface area contributed by atoms with Crippen LogP contribution in [0, 0.1) is 11.3 Å². The third-order valence-corrected chi connectivity index (χ3v) is 2.58. The summed E-state index contributed by atoms with van der Waals surface area (Å²) in [5, 5.41) is 12.3. The van der Waals surface area contributed by atoms with Crippen molar-refractivity contribution in [3.63, 3.8) is 0 Å². The fourth-order valence-electron chi connectivity index (χ4n) is 1.32.